The van der Waals surface area contributed by atoms with Crippen LogP contribution in [0.4, 0.5) is 26.3 Å². The molecule has 0 saturated carbocycles. The molecule has 0 aromatic heterocycles. The van der Waals surface area contributed by atoms with Crippen molar-refractivity contribution in [3.05, 3.63) is 70.3 Å². The van der Waals surface area contributed by atoms with Gasteiger partial charge in [-0.1, -0.05) is 29.8 Å². The van der Waals surface area contributed by atoms with Gasteiger partial charge in [0.2, 0.25) is 5.91 Å². The fraction of sp³-hybridized carbons (Fsp3) is 0.263. The molecule has 0 aliphatic heterocycles. The van der Waals surface area contributed by atoms with Gasteiger partial charge in [0, 0.05) is 12.0 Å². The van der Waals surface area contributed by atoms with Gasteiger partial charge in [-0.2, -0.15) is 26.3 Å². The maximum Gasteiger partial charge on any atom is 0.416 e. The first-order valence-corrected chi connectivity index (χ1v) is 8.22. The number of benzene rings is 2. The maximum atomic E-state index is 12.9. The third-order valence-electron chi connectivity index (χ3n) is 4.02. The van der Waals surface area contributed by atoms with Gasteiger partial charge < -0.3 is 11.1 Å². The summed E-state index contributed by atoms with van der Waals surface area (Å²) in [6, 6.07) is 5.97. The van der Waals surface area contributed by atoms with Gasteiger partial charge >= 0.3 is 12.4 Å². The summed E-state index contributed by atoms with van der Waals surface area (Å²) < 4.78 is 77.7. The Bertz CT molecular complexity index is 889. The second kappa shape index (κ2) is 8.14. The van der Waals surface area contributed by atoms with Crippen molar-refractivity contribution in [3.63, 3.8) is 0 Å². The first-order valence-electron chi connectivity index (χ1n) is 8.22. The normalized spacial score (nSPS) is 13.1. The SMILES string of the molecule is Cc1cccc(C[C@H](NC(=O)c2cc(C(F)(F)F)cc(C(F)(F)F)c2)C(N)=O)c1. The van der Waals surface area contributed by atoms with Gasteiger partial charge in [-0.15, -0.1) is 0 Å². The van der Waals surface area contributed by atoms with Crippen molar-refractivity contribution in [2.75, 3.05) is 0 Å². The highest BCUT2D eigenvalue weighted by molar-refractivity contribution is 5.97. The highest BCUT2D eigenvalue weighted by Gasteiger charge is 2.37. The van der Waals surface area contributed by atoms with Gasteiger partial charge in [-0.3, -0.25) is 9.59 Å². The van der Waals surface area contributed by atoms with Gasteiger partial charge in [-0.25, -0.2) is 0 Å². The Kier molecular flexibility index (Phi) is 6.24. The van der Waals surface area contributed by atoms with Crippen LogP contribution in [0.25, 0.3) is 0 Å². The van der Waals surface area contributed by atoms with E-state index < -0.39 is 46.9 Å². The summed E-state index contributed by atoms with van der Waals surface area (Å²) in [4.78, 5) is 24.0. The summed E-state index contributed by atoms with van der Waals surface area (Å²) in [5, 5.41) is 2.11. The third kappa shape index (κ3) is 5.97. The average Bonchev–Trinajstić information content (AvgIpc) is 2.59. The Labute approximate surface area is 161 Å². The molecule has 2 aromatic carbocycles. The van der Waals surface area contributed by atoms with E-state index in [4.69, 9.17) is 5.73 Å². The van der Waals surface area contributed by atoms with Crippen molar-refractivity contribution >= 4 is 11.8 Å². The fourth-order valence-corrected chi connectivity index (χ4v) is 2.63. The van der Waals surface area contributed by atoms with Crippen LogP contribution < -0.4 is 11.1 Å². The molecule has 0 unspecified atom stereocenters. The first kappa shape index (κ1) is 22.3. The summed E-state index contributed by atoms with van der Waals surface area (Å²) in [6.45, 7) is 1.78. The van der Waals surface area contributed by atoms with E-state index in [0.29, 0.717) is 5.56 Å². The van der Waals surface area contributed by atoms with Gasteiger partial charge in [0.25, 0.3) is 5.91 Å². The molecule has 2 amide bonds. The van der Waals surface area contributed by atoms with Gasteiger partial charge in [0.1, 0.15) is 6.04 Å². The molecule has 2 rings (SSSR count). The van der Waals surface area contributed by atoms with Crippen molar-refractivity contribution in [2.45, 2.75) is 31.7 Å². The van der Waals surface area contributed by atoms with Crippen molar-refractivity contribution in [3.8, 4) is 0 Å². The number of hydrogen-bond acceptors (Lipinski definition) is 2. The molecule has 0 radical (unpaired) electrons. The van der Waals surface area contributed by atoms with Gasteiger partial charge in [0.15, 0.2) is 0 Å². The minimum Gasteiger partial charge on any atom is -0.368 e. The number of carbonyl (C=O) groups excluding carboxylic acids is 2. The minimum atomic E-state index is -5.10. The number of primary amides is 1. The Balaban J connectivity index is 2.35. The summed E-state index contributed by atoms with van der Waals surface area (Å²) >= 11 is 0. The topological polar surface area (TPSA) is 72.2 Å². The van der Waals surface area contributed by atoms with Crippen LogP contribution in [-0.2, 0) is 23.6 Å². The summed E-state index contributed by atoms with van der Waals surface area (Å²) in [5.74, 6) is -2.26. The van der Waals surface area contributed by atoms with Crippen molar-refractivity contribution in [1.29, 1.82) is 0 Å². The standard InChI is InChI=1S/C19H16F6N2O2/c1-10-3-2-4-11(5-10)6-15(16(26)28)27-17(29)12-7-13(18(20,21)22)9-14(8-12)19(23,24)25/h2-5,7-9,15H,6H2,1H3,(H2,26,28)(H,27,29)/t15-/m0/s1. The van der Waals surface area contributed by atoms with Crippen molar-refractivity contribution in [1.82, 2.24) is 5.32 Å². The molecule has 3 N–H and O–H groups in total. The van der Waals surface area contributed by atoms with Crippen molar-refractivity contribution < 1.29 is 35.9 Å². The average molecular weight is 418 g/mol. The molecule has 0 fully saturated rings. The first-order chi connectivity index (χ1) is 13.3. The predicted molar refractivity (Wildman–Crippen MR) is 91.8 cm³/mol. The molecule has 2 aromatic rings. The van der Waals surface area contributed by atoms with E-state index in [9.17, 15) is 35.9 Å². The third-order valence-corrected chi connectivity index (χ3v) is 4.02. The Morgan fingerprint density at radius 2 is 1.52 bits per heavy atom. The van der Waals surface area contributed by atoms with Crippen LogP contribution in [-0.4, -0.2) is 17.9 Å². The van der Waals surface area contributed by atoms with Crippen LogP contribution in [0.1, 0.15) is 32.6 Å². The second-order valence-corrected chi connectivity index (χ2v) is 6.42. The predicted octanol–water partition coefficient (Wildman–Crippen LogP) is 3.86. The van der Waals surface area contributed by atoms with Crippen LogP contribution in [0.3, 0.4) is 0 Å². The zero-order valence-electron chi connectivity index (χ0n) is 15.0. The zero-order valence-corrected chi connectivity index (χ0v) is 15.0. The summed E-state index contributed by atoms with van der Waals surface area (Å²) in [5.41, 5.74) is 2.54. The number of nitrogens with one attached hydrogen (secondary N) is 1. The number of rotatable bonds is 5. The molecular weight excluding hydrogens is 402 g/mol. The van der Waals surface area contributed by atoms with E-state index in [2.05, 4.69) is 5.32 Å². The minimum absolute atomic E-state index is 0.0756. The van der Waals surface area contributed by atoms with E-state index >= 15 is 0 Å². The van der Waals surface area contributed by atoms with Gasteiger partial charge in [0.05, 0.1) is 11.1 Å². The quantitative estimate of drug-likeness (QED) is 0.724. The van der Waals surface area contributed by atoms with Crippen molar-refractivity contribution in [2.24, 2.45) is 5.73 Å². The molecule has 10 heteroatoms. The lowest BCUT2D eigenvalue weighted by Crippen LogP contribution is -2.46. The van der Waals surface area contributed by atoms with E-state index in [1.807, 2.05) is 0 Å². The zero-order chi connectivity index (χ0) is 22.0. The molecule has 0 aliphatic rings. The number of amides is 2. The number of alkyl halides is 6. The van der Waals surface area contributed by atoms with E-state index in [1.165, 1.54) is 0 Å². The van der Waals surface area contributed by atoms with Crippen LogP contribution in [0.2, 0.25) is 0 Å². The number of halogens is 6. The second-order valence-electron chi connectivity index (χ2n) is 6.42. The Hall–Kier alpha value is -3.04. The van der Waals surface area contributed by atoms with Crippen LogP contribution >= 0.6 is 0 Å². The molecule has 0 aliphatic carbocycles. The smallest absolute Gasteiger partial charge is 0.368 e. The highest BCUT2D eigenvalue weighted by atomic mass is 19.4. The maximum absolute atomic E-state index is 12.9. The summed E-state index contributed by atoms with van der Waals surface area (Å²) in [7, 11) is 0. The Morgan fingerprint density at radius 1 is 0.966 bits per heavy atom. The van der Waals surface area contributed by atoms with Crippen LogP contribution in [0, 0.1) is 6.92 Å². The number of nitrogens with two attached hydrogens (primary N) is 1. The monoisotopic (exact) mass is 418 g/mol. The molecule has 4 nitrogen and oxygen atoms in total. The van der Waals surface area contributed by atoms with E-state index in [-0.39, 0.29) is 24.6 Å². The fourth-order valence-electron chi connectivity index (χ4n) is 2.63. The van der Waals surface area contributed by atoms with E-state index in [1.54, 1.807) is 31.2 Å². The molecule has 0 saturated heterocycles. The lowest BCUT2D eigenvalue weighted by Gasteiger charge is -2.18. The summed E-state index contributed by atoms with van der Waals surface area (Å²) in [6.07, 6.45) is -10.3. The largest absolute Gasteiger partial charge is 0.416 e. The Morgan fingerprint density at radius 3 is 1.97 bits per heavy atom. The lowest BCUT2D eigenvalue weighted by molar-refractivity contribution is -0.143. The molecule has 0 heterocycles. The number of hydrogen-bond donors (Lipinski definition) is 2. The highest BCUT2D eigenvalue weighted by Crippen LogP contribution is 2.36. The number of carbonyl (C=O) groups is 2. The van der Waals surface area contributed by atoms with Crippen LogP contribution in [0.5, 0.6) is 0 Å². The molecule has 156 valence electrons. The number of aryl methyl sites for hydroxylation is 1. The molecule has 0 bridgehead atoms. The molecule has 29 heavy (non-hydrogen) atoms. The van der Waals surface area contributed by atoms with Gasteiger partial charge in [-0.05, 0) is 30.7 Å². The van der Waals surface area contributed by atoms with E-state index in [0.717, 1.165) is 5.56 Å². The molecular formula is C19H16F6N2O2. The molecule has 1 atom stereocenters. The van der Waals surface area contributed by atoms with Crippen LogP contribution in [0.15, 0.2) is 42.5 Å². The molecule has 0 spiro atoms. The lowest BCUT2D eigenvalue weighted by atomic mass is 10.0.